The molecular formula is C15H22N4OS. The molecule has 3 rings (SSSR count). The van der Waals surface area contributed by atoms with Crippen LogP contribution in [0.2, 0.25) is 0 Å². The highest BCUT2D eigenvalue weighted by atomic mass is 32.1. The molecule has 1 unspecified atom stereocenters. The molecule has 2 N–H and O–H groups in total. The first-order valence-corrected chi connectivity index (χ1v) is 8.41. The normalized spacial score (nSPS) is 18.9. The van der Waals surface area contributed by atoms with Gasteiger partial charge in [-0.15, -0.1) is 11.3 Å². The van der Waals surface area contributed by atoms with Gasteiger partial charge in [0.2, 0.25) is 5.95 Å². The lowest BCUT2D eigenvalue weighted by atomic mass is 10.0. The van der Waals surface area contributed by atoms with Gasteiger partial charge in [0.15, 0.2) is 0 Å². The highest BCUT2D eigenvalue weighted by molar-refractivity contribution is 7.18. The third-order valence-corrected chi connectivity index (χ3v) is 5.00. The molecular weight excluding hydrogens is 284 g/mol. The van der Waals surface area contributed by atoms with E-state index in [-0.39, 0.29) is 0 Å². The predicted molar refractivity (Wildman–Crippen MR) is 88.4 cm³/mol. The van der Waals surface area contributed by atoms with E-state index in [1.807, 2.05) is 7.05 Å². The fourth-order valence-corrected chi connectivity index (χ4v) is 3.57. The molecule has 0 radical (unpaired) electrons. The lowest BCUT2D eigenvalue weighted by molar-refractivity contribution is 0.0595. The van der Waals surface area contributed by atoms with E-state index in [2.05, 4.69) is 33.6 Å². The number of aromatic nitrogens is 2. The number of nitrogens with one attached hydrogen (secondary N) is 2. The minimum atomic E-state index is 0.575. The molecule has 21 heavy (non-hydrogen) atoms. The quantitative estimate of drug-likeness (QED) is 0.889. The Morgan fingerprint density at radius 2 is 2.33 bits per heavy atom. The van der Waals surface area contributed by atoms with Crippen LogP contribution in [0, 0.1) is 5.92 Å². The largest absolute Gasteiger partial charge is 0.381 e. The molecule has 114 valence electrons. The van der Waals surface area contributed by atoms with Crippen molar-refractivity contribution in [1.29, 1.82) is 0 Å². The van der Waals surface area contributed by atoms with E-state index in [9.17, 15) is 0 Å². The molecule has 0 saturated carbocycles. The second kappa shape index (κ2) is 6.58. The van der Waals surface area contributed by atoms with Gasteiger partial charge in [-0.2, -0.15) is 4.98 Å². The van der Waals surface area contributed by atoms with Crippen LogP contribution < -0.4 is 10.6 Å². The first-order valence-electron chi connectivity index (χ1n) is 7.60. The molecule has 2 aromatic heterocycles. The van der Waals surface area contributed by atoms with Crippen LogP contribution in [0.3, 0.4) is 0 Å². The second-order valence-electron chi connectivity index (χ2n) is 5.39. The smallest absolute Gasteiger partial charge is 0.225 e. The van der Waals surface area contributed by atoms with E-state index < -0.39 is 0 Å². The van der Waals surface area contributed by atoms with E-state index in [0.29, 0.717) is 11.9 Å². The van der Waals surface area contributed by atoms with E-state index in [1.54, 1.807) is 11.3 Å². The van der Waals surface area contributed by atoms with Gasteiger partial charge in [-0.05, 0) is 31.2 Å². The molecule has 0 aliphatic carbocycles. The summed E-state index contributed by atoms with van der Waals surface area (Å²) in [6.45, 7) is 4.84. The van der Waals surface area contributed by atoms with Crippen molar-refractivity contribution in [3.8, 4) is 0 Å². The molecule has 2 aromatic rings. The number of fused-ring (bicyclic) bond motifs is 1. The van der Waals surface area contributed by atoms with Gasteiger partial charge in [-0.25, -0.2) is 4.98 Å². The van der Waals surface area contributed by atoms with Gasteiger partial charge in [0, 0.05) is 25.1 Å². The van der Waals surface area contributed by atoms with E-state index in [4.69, 9.17) is 4.74 Å². The Labute approximate surface area is 129 Å². The summed E-state index contributed by atoms with van der Waals surface area (Å²) in [4.78, 5) is 11.5. The Morgan fingerprint density at radius 3 is 3.05 bits per heavy atom. The van der Waals surface area contributed by atoms with Crippen molar-refractivity contribution < 1.29 is 4.74 Å². The summed E-state index contributed by atoms with van der Waals surface area (Å²) in [5.74, 6) is 2.19. The molecule has 1 atom stereocenters. The zero-order chi connectivity index (χ0) is 14.7. The van der Waals surface area contributed by atoms with Gasteiger partial charge >= 0.3 is 0 Å². The summed E-state index contributed by atoms with van der Waals surface area (Å²) in [6.07, 6.45) is 3.42. The molecule has 5 nitrogen and oxygen atoms in total. The Kier molecular flexibility index (Phi) is 4.55. The maximum atomic E-state index is 5.54. The van der Waals surface area contributed by atoms with Crippen molar-refractivity contribution in [2.24, 2.45) is 5.92 Å². The lowest BCUT2D eigenvalue weighted by Gasteiger charge is -2.22. The number of rotatable bonds is 5. The van der Waals surface area contributed by atoms with Gasteiger partial charge < -0.3 is 15.4 Å². The van der Waals surface area contributed by atoms with Crippen LogP contribution in [0.1, 0.15) is 24.6 Å². The molecule has 1 aliphatic rings. The van der Waals surface area contributed by atoms with Crippen LogP contribution >= 0.6 is 11.3 Å². The summed E-state index contributed by atoms with van der Waals surface area (Å²) in [5, 5.41) is 7.68. The number of thiophene rings is 1. The SMILES string of the molecule is CCc1cc2c(NCC3CCCOC3)nc(NC)nc2s1. The third kappa shape index (κ3) is 3.27. The van der Waals surface area contributed by atoms with Crippen molar-refractivity contribution in [2.45, 2.75) is 26.2 Å². The van der Waals surface area contributed by atoms with Crippen LogP contribution in [0.5, 0.6) is 0 Å². The van der Waals surface area contributed by atoms with Crippen LogP contribution in [0.25, 0.3) is 10.2 Å². The van der Waals surface area contributed by atoms with Crippen LogP contribution in [-0.4, -0.2) is 36.8 Å². The molecule has 1 fully saturated rings. The van der Waals surface area contributed by atoms with Gasteiger partial charge in [0.25, 0.3) is 0 Å². The van der Waals surface area contributed by atoms with Gasteiger partial charge in [-0.3, -0.25) is 0 Å². The Bertz CT molecular complexity index is 607. The maximum Gasteiger partial charge on any atom is 0.225 e. The van der Waals surface area contributed by atoms with Gasteiger partial charge in [-0.1, -0.05) is 6.92 Å². The topological polar surface area (TPSA) is 59.1 Å². The van der Waals surface area contributed by atoms with Crippen LogP contribution in [0.4, 0.5) is 11.8 Å². The zero-order valence-electron chi connectivity index (χ0n) is 12.6. The zero-order valence-corrected chi connectivity index (χ0v) is 13.4. The Hall–Kier alpha value is -1.40. The fraction of sp³-hybridized carbons (Fsp3) is 0.600. The summed E-state index contributed by atoms with van der Waals surface area (Å²) >= 11 is 1.75. The monoisotopic (exact) mass is 306 g/mol. The lowest BCUT2D eigenvalue weighted by Crippen LogP contribution is -2.24. The first kappa shape index (κ1) is 14.5. The molecule has 0 amide bonds. The minimum absolute atomic E-state index is 0.575. The Morgan fingerprint density at radius 1 is 1.43 bits per heavy atom. The summed E-state index contributed by atoms with van der Waals surface area (Å²) in [7, 11) is 1.86. The van der Waals surface area contributed by atoms with Crippen molar-refractivity contribution in [1.82, 2.24) is 9.97 Å². The number of anilines is 2. The van der Waals surface area contributed by atoms with Crippen LogP contribution in [-0.2, 0) is 11.2 Å². The highest BCUT2D eigenvalue weighted by Gasteiger charge is 2.16. The fourth-order valence-electron chi connectivity index (χ4n) is 2.60. The summed E-state index contributed by atoms with van der Waals surface area (Å²) in [6, 6.07) is 2.21. The first-order chi connectivity index (χ1) is 10.3. The van der Waals surface area contributed by atoms with Crippen molar-refractivity contribution in [3.63, 3.8) is 0 Å². The number of ether oxygens (including phenoxy) is 1. The van der Waals surface area contributed by atoms with E-state index >= 15 is 0 Å². The van der Waals surface area contributed by atoms with Crippen LogP contribution in [0.15, 0.2) is 6.07 Å². The molecule has 0 aromatic carbocycles. The Balaban J connectivity index is 1.82. The second-order valence-corrected chi connectivity index (χ2v) is 6.51. The summed E-state index contributed by atoms with van der Waals surface area (Å²) in [5.41, 5.74) is 0. The molecule has 0 bridgehead atoms. The van der Waals surface area contributed by atoms with Gasteiger partial charge in [0.1, 0.15) is 10.6 Å². The number of nitrogens with zero attached hydrogens (tertiary/aromatic N) is 2. The number of hydrogen-bond donors (Lipinski definition) is 2. The highest BCUT2D eigenvalue weighted by Crippen LogP contribution is 2.30. The number of aryl methyl sites for hydroxylation is 1. The summed E-state index contributed by atoms with van der Waals surface area (Å²) < 4.78 is 5.54. The molecule has 1 saturated heterocycles. The van der Waals surface area contributed by atoms with Gasteiger partial charge in [0.05, 0.1) is 12.0 Å². The predicted octanol–water partition coefficient (Wildman–Crippen LogP) is 3.13. The van der Waals surface area contributed by atoms with Crippen molar-refractivity contribution >= 4 is 33.3 Å². The standard InChI is InChI=1S/C15H22N4OS/c1-3-11-7-12-13(17-8-10-5-4-6-20-9-10)18-15(16-2)19-14(12)21-11/h7,10H,3-6,8-9H2,1-2H3,(H2,16,17,18,19). The third-order valence-electron chi connectivity index (χ3n) is 3.83. The molecule has 1 aliphatic heterocycles. The average Bonchev–Trinajstić information content (AvgIpc) is 2.96. The van der Waals surface area contributed by atoms with Crippen molar-refractivity contribution in [3.05, 3.63) is 10.9 Å². The number of hydrogen-bond acceptors (Lipinski definition) is 6. The minimum Gasteiger partial charge on any atom is -0.381 e. The van der Waals surface area contributed by atoms with E-state index in [1.165, 1.54) is 11.3 Å². The molecule has 6 heteroatoms. The van der Waals surface area contributed by atoms with Crippen molar-refractivity contribution in [2.75, 3.05) is 37.4 Å². The van der Waals surface area contributed by atoms with E-state index in [0.717, 1.165) is 48.6 Å². The molecule has 3 heterocycles. The maximum absolute atomic E-state index is 5.54. The molecule has 0 spiro atoms. The average molecular weight is 306 g/mol.